The van der Waals surface area contributed by atoms with Crippen molar-refractivity contribution in [3.8, 4) is 0 Å². The van der Waals surface area contributed by atoms with E-state index >= 15 is 0 Å². The number of nitrogens with one attached hydrogen (secondary N) is 2. The second-order valence-corrected chi connectivity index (χ2v) is 8.67. The zero-order chi connectivity index (χ0) is 20.4. The molecule has 0 aliphatic rings. The molecule has 0 amide bonds. The largest absolute Gasteiger partial charge is 0.355 e. The van der Waals surface area contributed by atoms with Gasteiger partial charge in [-0.2, -0.15) is 16.8 Å². The average molecular weight is 420 g/mol. The Kier molecular flexibility index (Phi) is 5.38. The van der Waals surface area contributed by atoms with Crippen molar-refractivity contribution in [2.45, 2.75) is 9.79 Å². The molecule has 0 saturated carbocycles. The number of rotatable bonds is 6. The minimum atomic E-state index is -4.24. The summed E-state index contributed by atoms with van der Waals surface area (Å²) < 4.78 is 62.3. The summed E-state index contributed by atoms with van der Waals surface area (Å²) in [6.07, 6.45) is 0. The van der Waals surface area contributed by atoms with Crippen LogP contribution in [0, 0.1) is 0 Å². The van der Waals surface area contributed by atoms with Gasteiger partial charge in [-0.05, 0) is 66.7 Å². The van der Waals surface area contributed by atoms with E-state index < -0.39 is 20.2 Å². The topological polar surface area (TPSA) is 133 Å². The van der Waals surface area contributed by atoms with Gasteiger partial charge < -0.3 is 10.6 Å². The number of anilines is 4. The summed E-state index contributed by atoms with van der Waals surface area (Å²) in [6.45, 7) is 0. The van der Waals surface area contributed by atoms with Gasteiger partial charge in [0.1, 0.15) is 0 Å². The molecule has 146 valence electrons. The van der Waals surface area contributed by atoms with Crippen molar-refractivity contribution in [3.05, 3.63) is 72.8 Å². The van der Waals surface area contributed by atoms with Crippen molar-refractivity contribution in [2.75, 3.05) is 10.6 Å². The lowest BCUT2D eigenvalue weighted by molar-refractivity contribution is 0.481. The Hall–Kier alpha value is -2.92. The second-order valence-electron chi connectivity index (χ2n) is 5.83. The van der Waals surface area contributed by atoms with Gasteiger partial charge in [-0.3, -0.25) is 9.11 Å². The first kappa shape index (κ1) is 19.8. The molecule has 10 heteroatoms. The van der Waals surface area contributed by atoms with E-state index in [4.69, 9.17) is 9.11 Å². The molecule has 0 fully saturated rings. The van der Waals surface area contributed by atoms with Crippen molar-refractivity contribution >= 4 is 43.0 Å². The quantitative estimate of drug-likeness (QED) is 0.444. The van der Waals surface area contributed by atoms with E-state index in [1.807, 2.05) is 12.1 Å². The van der Waals surface area contributed by atoms with Gasteiger partial charge >= 0.3 is 0 Å². The van der Waals surface area contributed by atoms with E-state index in [-0.39, 0.29) is 9.79 Å². The minimum absolute atomic E-state index is 0.193. The van der Waals surface area contributed by atoms with Crippen molar-refractivity contribution in [1.29, 1.82) is 0 Å². The maximum absolute atomic E-state index is 11.1. The highest BCUT2D eigenvalue weighted by molar-refractivity contribution is 7.86. The van der Waals surface area contributed by atoms with Gasteiger partial charge in [0.2, 0.25) is 0 Å². The summed E-state index contributed by atoms with van der Waals surface area (Å²) in [5, 5.41) is 6.22. The Labute approximate surface area is 162 Å². The van der Waals surface area contributed by atoms with Crippen LogP contribution in [0.25, 0.3) is 0 Å². The first-order valence-electron chi connectivity index (χ1n) is 7.90. The molecule has 0 atom stereocenters. The van der Waals surface area contributed by atoms with Crippen molar-refractivity contribution in [3.63, 3.8) is 0 Å². The third-order valence-corrected chi connectivity index (χ3v) is 5.48. The van der Waals surface area contributed by atoms with E-state index in [0.717, 1.165) is 11.4 Å². The molecular weight excluding hydrogens is 404 g/mol. The Morgan fingerprint density at radius 3 is 1.21 bits per heavy atom. The molecule has 28 heavy (non-hydrogen) atoms. The standard InChI is InChI=1S/C18H16N2O6S2/c21-27(22,23)17-8-4-13(5-9-17)19-15-2-1-3-16(12-15)20-14-6-10-18(11-7-14)28(24,25)26/h1-12,19-20H,(H,21,22,23)(H,24,25,26). The molecule has 0 unspecified atom stereocenters. The highest BCUT2D eigenvalue weighted by atomic mass is 32.2. The minimum Gasteiger partial charge on any atom is -0.355 e. The van der Waals surface area contributed by atoms with Gasteiger partial charge in [0.05, 0.1) is 9.79 Å². The summed E-state index contributed by atoms with van der Waals surface area (Å²) in [6, 6.07) is 18.5. The summed E-state index contributed by atoms with van der Waals surface area (Å²) in [5.41, 5.74) is 2.70. The molecule has 0 aromatic heterocycles. The fourth-order valence-electron chi connectivity index (χ4n) is 2.43. The predicted octanol–water partition coefficient (Wildman–Crippen LogP) is 3.67. The second kappa shape index (κ2) is 7.60. The number of hydrogen-bond acceptors (Lipinski definition) is 6. The van der Waals surface area contributed by atoms with E-state index in [2.05, 4.69) is 10.6 Å². The number of benzene rings is 3. The number of hydrogen-bond donors (Lipinski definition) is 4. The van der Waals surface area contributed by atoms with Crippen LogP contribution in [0.3, 0.4) is 0 Å². The fraction of sp³-hybridized carbons (Fsp3) is 0. The fourth-order valence-corrected chi connectivity index (χ4v) is 3.39. The molecule has 0 spiro atoms. The summed E-state index contributed by atoms with van der Waals surface area (Å²) in [7, 11) is -8.47. The molecule has 4 N–H and O–H groups in total. The summed E-state index contributed by atoms with van der Waals surface area (Å²) in [4.78, 5) is -0.386. The zero-order valence-electron chi connectivity index (χ0n) is 14.3. The molecule has 3 aromatic carbocycles. The first-order valence-corrected chi connectivity index (χ1v) is 10.8. The maximum Gasteiger partial charge on any atom is 0.294 e. The molecule has 0 aliphatic heterocycles. The normalized spacial score (nSPS) is 11.8. The van der Waals surface area contributed by atoms with Crippen LogP contribution in [-0.2, 0) is 20.2 Å². The molecular formula is C18H16N2O6S2. The zero-order valence-corrected chi connectivity index (χ0v) is 15.9. The third-order valence-electron chi connectivity index (χ3n) is 3.74. The first-order chi connectivity index (χ1) is 13.1. The summed E-state index contributed by atoms with van der Waals surface area (Å²) in [5.74, 6) is 0. The highest BCUT2D eigenvalue weighted by Gasteiger charge is 2.09. The van der Waals surface area contributed by atoms with Crippen LogP contribution < -0.4 is 10.6 Å². The van der Waals surface area contributed by atoms with Crippen LogP contribution >= 0.6 is 0 Å². The van der Waals surface area contributed by atoms with Gasteiger partial charge in [0, 0.05) is 22.7 Å². The van der Waals surface area contributed by atoms with Gasteiger partial charge in [-0.25, -0.2) is 0 Å². The van der Waals surface area contributed by atoms with Crippen LogP contribution in [0.1, 0.15) is 0 Å². The van der Waals surface area contributed by atoms with Gasteiger partial charge in [-0.1, -0.05) is 6.07 Å². The van der Waals surface area contributed by atoms with Crippen molar-refractivity contribution in [2.24, 2.45) is 0 Å². The summed E-state index contributed by atoms with van der Waals surface area (Å²) >= 11 is 0. The lowest BCUT2D eigenvalue weighted by Crippen LogP contribution is -1.99. The van der Waals surface area contributed by atoms with E-state index in [1.165, 1.54) is 48.5 Å². The Morgan fingerprint density at radius 2 is 0.893 bits per heavy atom. The van der Waals surface area contributed by atoms with Crippen LogP contribution in [0.15, 0.2) is 82.6 Å². The lowest BCUT2D eigenvalue weighted by atomic mass is 10.2. The Balaban J connectivity index is 1.73. The van der Waals surface area contributed by atoms with Crippen molar-refractivity contribution < 1.29 is 25.9 Å². The third kappa shape index (κ3) is 5.08. The molecule has 8 nitrogen and oxygen atoms in total. The molecule has 0 heterocycles. The lowest BCUT2D eigenvalue weighted by Gasteiger charge is -2.11. The molecule has 0 bridgehead atoms. The van der Waals surface area contributed by atoms with Crippen LogP contribution in [-0.4, -0.2) is 25.9 Å². The maximum atomic E-state index is 11.1. The van der Waals surface area contributed by atoms with Crippen molar-refractivity contribution in [1.82, 2.24) is 0 Å². The van der Waals surface area contributed by atoms with Crippen LogP contribution in [0.5, 0.6) is 0 Å². The molecule has 0 aliphatic carbocycles. The van der Waals surface area contributed by atoms with E-state index in [1.54, 1.807) is 12.1 Å². The average Bonchev–Trinajstić information content (AvgIpc) is 2.61. The SMILES string of the molecule is O=S(=O)(O)c1ccc(Nc2cccc(Nc3ccc(S(=O)(=O)O)cc3)c2)cc1. The van der Waals surface area contributed by atoms with E-state index in [0.29, 0.717) is 11.4 Å². The van der Waals surface area contributed by atoms with Gasteiger partial charge in [0.15, 0.2) is 0 Å². The molecule has 3 aromatic rings. The molecule has 0 saturated heterocycles. The Morgan fingerprint density at radius 1 is 0.536 bits per heavy atom. The van der Waals surface area contributed by atoms with Gasteiger partial charge in [0.25, 0.3) is 20.2 Å². The predicted molar refractivity (Wildman–Crippen MR) is 106 cm³/mol. The van der Waals surface area contributed by atoms with E-state index in [9.17, 15) is 16.8 Å². The van der Waals surface area contributed by atoms with Gasteiger partial charge in [-0.15, -0.1) is 0 Å². The monoisotopic (exact) mass is 420 g/mol. The highest BCUT2D eigenvalue weighted by Crippen LogP contribution is 2.24. The smallest absolute Gasteiger partial charge is 0.294 e. The van der Waals surface area contributed by atoms with Crippen LogP contribution in [0.2, 0.25) is 0 Å². The molecule has 0 radical (unpaired) electrons. The molecule has 3 rings (SSSR count). The van der Waals surface area contributed by atoms with Crippen LogP contribution in [0.4, 0.5) is 22.7 Å². The Bertz CT molecular complexity index is 1100.